The molecule has 0 spiro atoms. The van der Waals surface area contributed by atoms with E-state index >= 15 is 0 Å². The lowest BCUT2D eigenvalue weighted by atomic mass is 10.0. The highest BCUT2D eigenvalue weighted by Crippen LogP contribution is 2.31. The molecule has 2 amide bonds. The minimum absolute atomic E-state index is 0.161. The van der Waals surface area contributed by atoms with Crippen LogP contribution in [0.3, 0.4) is 0 Å². The molecule has 2 N–H and O–H groups in total. The number of benzene rings is 2. The van der Waals surface area contributed by atoms with Crippen LogP contribution in [0, 0.1) is 0 Å². The van der Waals surface area contributed by atoms with Gasteiger partial charge in [-0.25, -0.2) is 4.79 Å². The third-order valence-corrected chi connectivity index (χ3v) is 4.59. The fourth-order valence-corrected chi connectivity index (χ4v) is 3.27. The van der Waals surface area contributed by atoms with Crippen molar-refractivity contribution in [3.05, 3.63) is 48.0 Å². The van der Waals surface area contributed by atoms with Crippen LogP contribution in [-0.2, 0) is 6.42 Å². The monoisotopic (exact) mass is 324 g/mol. The molecule has 0 saturated carbocycles. The SMILES string of the molecule is O=C(Nc1cccc(-c2ccc3c(c2)CCO3)c1)N1CC[C@@H](O)C1. The zero-order valence-corrected chi connectivity index (χ0v) is 13.4. The van der Waals surface area contributed by atoms with Crippen LogP contribution in [0.5, 0.6) is 5.75 Å². The molecule has 124 valence electrons. The second-order valence-corrected chi connectivity index (χ2v) is 6.32. The Morgan fingerprint density at radius 1 is 1.21 bits per heavy atom. The van der Waals surface area contributed by atoms with Crippen LogP contribution in [-0.4, -0.2) is 41.8 Å². The number of urea groups is 1. The van der Waals surface area contributed by atoms with E-state index in [0.717, 1.165) is 35.6 Å². The van der Waals surface area contributed by atoms with Gasteiger partial charge in [0.1, 0.15) is 5.75 Å². The molecule has 5 nitrogen and oxygen atoms in total. The molecular weight excluding hydrogens is 304 g/mol. The standard InChI is InChI=1S/C19H20N2O3/c22-17-6-8-21(12-17)19(23)20-16-3-1-2-13(11-16)14-4-5-18-15(10-14)7-9-24-18/h1-5,10-11,17,22H,6-9,12H2,(H,20,23)/t17-/m1/s1. The van der Waals surface area contributed by atoms with Gasteiger partial charge in [0.25, 0.3) is 0 Å². The smallest absolute Gasteiger partial charge is 0.321 e. The lowest BCUT2D eigenvalue weighted by Gasteiger charge is -2.17. The fourth-order valence-electron chi connectivity index (χ4n) is 3.27. The number of hydrogen-bond acceptors (Lipinski definition) is 3. The van der Waals surface area contributed by atoms with Gasteiger partial charge in [0, 0.05) is 25.2 Å². The first-order valence-corrected chi connectivity index (χ1v) is 8.29. The van der Waals surface area contributed by atoms with Crippen LogP contribution in [0.2, 0.25) is 0 Å². The number of carbonyl (C=O) groups excluding carboxylic acids is 1. The summed E-state index contributed by atoms with van der Waals surface area (Å²) in [5, 5.41) is 12.5. The van der Waals surface area contributed by atoms with Crippen molar-refractivity contribution in [1.82, 2.24) is 4.90 Å². The Labute approximate surface area is 140 Å². The molecule has 0 aliphatic carbocycles. The molecule has 0 aromatic heterocycles. The zero-order chi connectivity index (χ0) is 16.5. The number of carbonyl (C=O) groups is 1. The summed E-state index contributed by atoms with van der Waals surface area (Å²) in [6.07, 6.45) is 1.18. The van der Waals surface area contributed by atoms with Crippen molar-refractivity contribution in [2.24, 2.45) is 0 Å². The molecule has 0 bridgehead atoms. The highest BCUT2D eigenvalue weighted by molar-refractivity contribution is 5.90. The second kappa shape index (κ2) is 6.17. The Bertz CT molecular complexity index is 775. The second-order valence-electron chi connectivity index (χ2n) is 6.32. The van der Waals surface area contributed by atoms with Crippen LogP contribution < -0.4 is 10.1 Å². The molecule has 0 radical (unpaired) electrons. The number of nitrogens with one attached hydrogen (secondary N) is 1. The molecule has 1 atom stereocenters. The van der Waals surface area contributed by atoms with E-state index in [0.29, 0.717) is 19.5 Å². The van der Waals surface area contributed by atoms with E-state index in [1.165, 1.54) is 5.56 Å². The summed E-state index contributed by atoms with van der Waals surface area (Å²) in [5.41, 5.74) is 4.17. The first kappa shape index (κ1) is 15.0. The topological polar surface area (TPSA) is 61.8 Å². The van der Waals surface area contributed by atoms with Crippen LogP contribution in [0.1, 0.15) is 12.0 Å². The van der Waals surface area contributed by atoms with Gasteiger partial charge in [-0.3, -0.25) is 0 Å². The number of β-amino-alcohol motifs (C(OH)–C–C–N with tert-alkyl or cyclic N) is 1. The summed E-state index contributed by atoms with van der Waals surface area (Å²) in [6.45, 7) is 1.74. The van der Waals surface area contributed by atoms with E-state index in [1.54, 1.807) is 4.90 Å². The van der Waals surface area contributed by atoms with E-state index in [9.17, 15) is 9.90 Å². The normalized spacial score (nSPS) is 19.0. The van der Waals surface area contributed by atoms with E-state index in [-0.39, 0.29) is 6.03 Å². The number of ether oxygens (including phenoxy) is 1. The number of amides is 2. The van der Waals surface area contributed by atoms with E-state index in [2.05, 4.69) is 11.4 Å². The van der Waals surface area contributed by atoms with Gasteiger partial charge in [0.15, 0.2) is 0 Å². The first-order valence-electron chi connectivity index (χ1n) is 8.29. The maximum absolute atomic E-state index is 12.2. The third kappa shape index (κ3) is 2.95. The Balaban J connectivity index is 1.52. The van der Waals surface area contributed by atoms with Gasteiger partial charge in [-0.05, 0) is 47.4 Å². The van der Waals surface area contributed by atoms with Gasteiger partial charge in [-0.2, -0.15) is 0 Å². The third-order valence-electron chi connectivity index (χ3n) is 4.59. The summed E-state index contributed by atoms with van der Waals surface area (Å²) in [7, 11) is 0. The van der Waals surface area contributed by atoms with Crippen LogP contribution in [0.4, 0.5) is 10.5 Å². The van der Waals surface area contributed by atoms with Gasteiger partial charge in [-0.15, -0.1) is 0 Å². The molecular formula is C19H20N2O3. The average Bonchev–Trinajstić information content (AvgIpc) is 3.23. The maximum atomic E-state index is 12.2. The van der Waals surface area contributed by atoms with Crippen molar-refractivity contribution in [1.29, 1.82) is 0 Å². The molecule has 1 saturated heterocycles. The van der Waals surface area contributed by atoms with Crippen molar-refractivity contribution in [3.8, 4) is 16.9 Å². The molecule has 2 aromatic carbocycles. The number of aliphatic hydroxyl groups is 1. The minimum atomic E-state index is -0.407. The van der Waals surface area contributed by atoms with Crippen molar-refractivity contribution in [2.45, 2.75) is 18.9 Å². The molecule has 5 heteroatoms. The van der Waals surface area contributed by atoms with Gasteiger partial charge in [0.2, 0.25) is 0 Å². The van der Waals surface area contributed by atoms with Gasteiger partial charge in [-0.1, -0.05) is 18.2 Å². The first-order chi connectivity index (χ1) is 11.7. The molecule has 2 aliphatic rings. The summed E-state index contributed by atoms with van der Waals surface area (Å²) < 4.78 is 5.55. The van der Waals surface area contributed by atoms with Crippen molar-refractivity contribution < 1.29 is 14.6 Å². The Morgan fingerprint density at radius 2 is 2.08 bits per heavy atom. The highest BCUT2D eigenvalue weighted by atomic mass is 16.5. The Hall–Kier alpha value is -2.53. The predicted molar refractivity (Wildman–Crippen MR) is 92.3 cm³/mol. The van der Waals surface area contributed by atoms with E-state index < -0.39 is 6.10 Å². The molecule has 0 unspecified atom stereocenters. The molecule has 24 heavy (non-hydrogen) atoms. The average molecular weight is 324 g/mol. The van der Waals surface area contributed by atoms with Crippen molar-refractivity contribution in [2.75, 3.05) is 25.0 Å². The number of likely N-dealkylation sites (tertiary alicyclic amines) is 1. The lowest BCUT2D eigenvalue weighted by molar-refractivity contribution is 0.176. The summed E-state index contributed by atoms with van der Waals surface area (Å²) >= 11 is 0. The van der Waals surface area contributed by atoms with Crippen LogP contribution in [0.25, 0.3) is 11.1 Å². The molecule has 2 heterocycles. The summed E-state index contributed by atoms with van der Waals surface area (Å²) in [5.74, 6) is 0.968. The minimum Gasteiger partial charge on any atom is -0.493 e. The summed E-state index contributed by atoms with van der Waals surface area (Å²) in [6, 6.07) is 13.9. The fraction of sp³-hybridized carbons (Fsp3) is 0.316. The number of hydrogen-bond donors (Lipinski definition) is 2. The van der Waals surface area contributed by atoms with Crippen LogP contribution >= 0.6 is 0 Å². The van der Waals surface area contributed by atoms with E-state index in [4.69, 9.17) is 4.74 Å². The van der Waals surface area contributed by atoms with Gasteiger partial charge >= 0.3 is 6.03 Å². The van der Waals surface area contributed by atoms with Gasteiger partial charge < -0.3 is 20.1 Å². The van der Waals surface area contributed by atoms with Gasteiger partial charge in [0.05, 0.1) is 12.7 Å². The predicted octanol–water partition coefficient (Wildman–Crippen LogP) is 2.89. The quantitative estimate of drug-likeness (QED) is 0.893. The number of aliphatic hydroxyl groups excluding tert-OH is 1. The molecule has 1 fully saturated rings. The van der Waals surface area contributed by atoms with Crippen LogP contribution in [0.15, 0.2) is 42.5 Å². The number of fused-ring (bicyclic) bond motifs is 1. The number of anilines is 1. The highest BCUT2D eigenvalue weighted by Gasteiger charge is 2.24. The maximum Gasteiger partial charge on any atom is 0.321 e. The molecule has 4 rings (SSSR count). The Kier molecular flexibility index (Phi) is 3.86. The molecule has 2 aliphatic heterocycles. The number of nitrogens with zero attached hydrogens (tertiary/aromatic N) is 1. The molecule has 2 aromatic rings. The lowest BCUT2D eigenvalue weighted by Crippen LogP contribution is -2.33. The largest absolute Gasteiger partial charge is 0.493 e. The number of rotatable bonds is 2. The zero-order valence-electron chi connectivity index (χ0n) is 13.4. The summed E-state index contributed by atoms with van der Waals surface area (Å²) in [4.78, 5) is 13.9. The van der Waals surface area contributed by atoms with Crippen molar-refractivity contribution in [3.63, 3.8) is 0 Å². The van der Waals surface area contributed by atoms with Crippen molar-refractivity contribution >= 4 is 11.7 Å². The Morgan fingerprint density at radius 3 is 2.92 bits per heavy atom. The van der Waals surface area contributed by atoms with E-state index in [1.807, 2.05) is 36.4 Å².